The molecule has 0 unspecified atom stereocenters. The third-order valence-corrected chi connectivity index (χ3v) is 2.83. The first kappa shape index (κ1) is 11.5. The first-order valence-electron chi connectivity index (χ1n) is 5.65. The van der Waals surface area contributed by atoms with E-state index in [0.29, 0.717) is 22.7 Å². The molecule has 3 aromatic rings. The molecule has 0 fully saturated rings. The summed E-state index contributed by atoms with van der Waals surface area (Å²) < 4.78 is 20.5. The molecule has 0 atom stereocenters. The third-order valence-electron chi connectivity index (χ3n) is 2.83. The van der Waals surface area contributed by atoms with Gasteiger partial charge in [0.2, 0.25) is 5.95 Å². The topological polar surface area (TPSA) is 65.4 Å². The summed E-state index contributed by atoms with van der Waals surface area (Å²) in [6.07, 6.45) is 0. The van der Waals surface area contributed by atoms with Gasteiger partial charge in [-0.2, -0.15) is 4.98 Å². The molecule has 3 rings (SSSR count). The van der Waals surface area contributed by atoms with E-state index < -0.39 is 0 Å². The second kappa shape index (κ2) is 4.24. The van der Waals surface area contributed by atoms with Crippen LogP contribution in [0, 0.1) is 5.82 Å². The van der Waals surface area contributed by atoms with Crippen molar-refractivity contribution < 1.29 is 9.13 Å². The second-order valence-electron chi connectivity index (χ2n) is 3.97. The zero-order chi connectivity index (χ0) is 13.4. The second-order valence-corrected chi connectivity index (χ2v) is 3.97. The Bertz CT molecular complexity index is 753. The van der Waals surface area contributed by atoms with E-state index >= 15 is 0 Å². The number of hydrogen-bond acceptors (Lipinski definition) is 4. The standard InChI is InChI=1S/C13H11FN4O/c1-19-11-7-6-10(8-4-2-3-5-9(8)14)18-12(11)16-13(15)17-18/h2-7H,1H3,(H2,15,17). The van der Waals surface area contributed by atoms with E-state index in [0.717, 1.165) is 0 Å². The molecule has 0 radical (unpaired) electrons. The van der Waals surface area contributed by atoms with E-state index in [4.69, 9.17) is 10.5 Å². The first-order chi connectivity index (χ1) is 9.20. The van der Waals surface area contributed by atoms with Crippen molar-refractivity contribution in [2.45, 2.75) is 0 Å². The number of nitrogens with two attached hydrogens (primary N) is 1. The summed E-state index contributed by atoms with van der Waals surface area (Å²) in [5, 5.41) is 4.08. The third kappa shape index (κ3) is 1.77. The number of ether oxygens (including phenoxy) is 1. The van der Waals surface area contributed by atoms with Gasteiger partial charge in [-0.15, -0.1) is 5.10 Å². The quantitative estimate of drug-likeness (QED) is 0.764. The average molecular weight is 258 g/mol. The van der Waals surface area contributed by atoms with Gasteiger partial charge in [0.15, 0.2) is 11.4 Å². The highest BCUT2D eigenvalue weighted by Gasteiger charge is 2.14. The Morgan fingerprint density at radius 2 is 2.00 bits per heavy atom. The van der Waals surface area contributed by atoms with Crippen LogP contribution in [0.5, 0.6) is 5.75 Å². The van der Waals surface area contributed by atoms with Crippen molar-refractivity contribution in [3.8, 4) is 17.0 Å². The van der Waals surface area contributed by atoms with Crippen LogP contribution in [0.25, 0.3) is 16.9 Å². The molecule has 0 aliphatic heterocycles. The molecule has 6 heteroatoms. The maximum Gasteiger partial charge on any atom is 0.240 e. The van der Waals surface area contributed by atoms with E-state index in [1.54, 1.807) is 30.3 Å². The van der Waals surface area contributed by atoms with Gasteiger partial charge in [-0.05, 0) is 24.3 Å². The lowest BCUT2D eigenvalue weighted by molar-refractivity contribution is 0.416. The summed E-state index contributed by atoms with van der Waals surface area (Å²) in [7, 11) is 1.53. The van der Waals surface area contributed by atoms with Crippen LogP contribution >= 0.6 is 0 Å². The van der Waals surface area contributed by atoms with Crippen molar-refractivity contribution in [3.63, 3.8) is 0 Å². The Morgan fingerprint density at radius 3 is 2.74 bits per heavy atom. The van der Waals surface area contributed by atoms with Crippen LogP contribution in [0.3, 0.4) is 0 Å². The van der Waals surface area contributed by atoms with Crippen molar-refractivity contribution in [1.82, 2.24) is 14.6 Å². The van der Waals surface area contributed by atoms with Gasteiger partial charge in [-0.3, -0.25) is 0 Å². The van der Waals surface area contributed by atoms with E-state index in [1.807, 2.05) is 0 Å². The first-order valence-corrected chi connectivity index (χ1v) is 5.65. The molecule has 2 heterocycles. The van der Waals surface area contributed by atoms with E-state index in [-0.39, 0.29) is 11.8 Å². The molecular formula is C13H11FN4O. The number of aromatic nitrogens is 3. The maximum absolute atomic E-state index is 13.9. The van der Waals surface area contributed by atoms with E-state index in [9.17, 15) is 4.39 Å². The predicted octanol–water partition coefficient (Wildman–Crippen LogP) is 2.13. The zero-order valence-electron chi connectivity index (χ0n) is 10.2. The molecule has 19 heavy (non-hydrogen) atoms. The van der Waals surface area contributed by atoms with Gasteiger partial charge in [0.25, 0.3) is 0 Å². The number of halogens is 1. The number of nitrogens with zero attached hydrogens (tertiary/aromatic N) is 3. The summed E-state index contributed by atoms with van der Waals surface area (Å²) in [6.45, 7) is 0. The van der Waals surface area contributed by atoms with Gasteiger partial charge in [0, 0.05) is 5.56 Å². The number of rotatable bonds is 2. The van der Waals surface area contributed by atoms with Crippen LogP contribution < -0.4 is 10.5 Å². The summed E-state index contributed by atoms with van der Waals surface area (Å²) in [5.74, 6) is 0.314. The number of nitrogen functional groups attached to an aromatic ring is 1. The number of methoxy groups -OCH3 is 1. The minimum Gasteiger partial charge on any atom is -0.493 e. The Hall–Kier alpha value is -2.63. The molecule has 0 aliphatic rings. The Balaban J connectivity index is 2.34. The molecular weight excluding hydrogens is 247 g/mol. The lowest BCUT2D eigenvalue weighted by atomic mass is 10.1. The van der Waals surface area contributed by atoms with Crippen molar-refractivity contribution in [3.05, 3.63) is 42.2 Å². The van der Waals surface area contributed by atoms with E-state index in [2.05, 4.69) is 10.1 Å². The number of benzene rings is 1. The molecule has 0 bridgehead atoms. The van der Waals surface area contributed by atoms with E-state index in [1.165, 1.54) is 17.7 Å². The molecule has 0 saturated carbocycles. The Labute approximate surface area is 108 Å². The van der Waals surface area contributed by atoms with Gasteiger partial charge in [0.05, 0.1) is 12.8 Å². The lowest BCUT2D eigenvalue weighted by Gasteiger charge is -2.07. The van der Waals surface area contributed by atoms with Gasteiger partial charge < -0.3 is 10.5 Å². The predicted molar refractivity (Wildman–Crippen MR) is 69.3 cm³/mol. The van der Waals surface area contributed by atoms with Crippen molar-refractivity contribution in [2.75, 3.05) is 12.8 Å². The highest BCUT2D eigenvalue weighted by molar-refractivity contribution is 5.68. The molecule has 0 spiro atoms. The van der Waals surface area contributed by atoms with Crippen LogP contribution in [0.2, 0.25) is 0 Å². The normalized spacial score (nSPS) is 10.8. The van der Waals surface area contributed by atoms with Gasteiger partial charge in [-0.25, -0.2) is 8.91 Å². The van der Waals surface area contributed by atoms with Crippen molar-refractivity contribution >= 4 is 11.6 Å². The highest BCUT2D eigenvalue weighted by atomic mass is 19.1. The molecule has 2 N–H and O–H groups in total. The van der Waals surface area contributed by atoms with Gasteiger partial charge >= 0.3 is 0 Å². The smallest absolute Gasteiger partial charge is 0.240 e. The molecule has 0 amide bonds. The fraction of sp³-hybridized carbons (Fsp3) is 0.0769. The molecule has 96 valence electrons. The Morgan fingerprint density at radius 1 is 1.21 bits per heavy atom. The summed E-state index contributed by atoms with van der Waals surface area (Å²) in [4.78, 5) is 4.08. The fourth-order valence-electron chi connectivity index (χ4n) is 1.99. The van der Waals surface area contributed by atoms with Crippen LogP contribution in [0.15, 0.2) is 36.4 Å². The van der Waals surface area contributed by atoms with Crippen LogP contribution in [0.1, 0.15) is 0 Å². The molecule has 2 aromatic heterocycles. The zero-order valence-corrected chi connectivity index (χ0v) is 10.2. The Kier molecular flexibility index (Phi) is 2.56. The monoisotopic (exact) mass is 258 g/mol. The summed E-state index contributed by atoms with van der Waals surface area (Å²) in [6, 6.07) is 9.90. The highest BCUT2D eigenvalue weighted by Crippen LogP contribution is 2.27. The molecule has 0 saturated heterocycles. The van der Waals surface area contributed by atoms with Crippen molar-refractivity contribution in [2.24, 2.45) is 0 Å². The summed E-state index contributed by atoms with van der Waals surface area (Å²) in [5.41, 5.74) is 7.06. The average Bonchev–Trinajstić information content (AvgIpc) is 2.80. The van der Waals surface area contributed by atoms with Gasteiger partial charge in [-0.1, -0.05) is 12.1 Å². The molecule has 1 aromatic carbocycles. The minimum atomic E-state index is -0.331. The fourth-order valence-corrected chi connectivity index (χ4v) is 1.99. The molecule has 0 aliphatic carbocycles. The number of fused-ring (bicyclic) bond motifs is 1. The van der Waals surface area contributed by atoms with Crippen LogP contribution in [-0.4, -0.2) is 21.7 Å². The number of pyridine rings is 1. The van der Waals surface area contributed by atoms with Crippen molar-refractivity contribution in [1.29, 1.82) is 0 Å². The number of hydrogen-bond donors (Lipinski definition) is 1. The minimum absolute atomic E-state index is 0.113. The number of anilines is 1. The molecule has 5 nitrogen and oxygen atoms in total. The maximum atomic E-state index is 13.9. The lowest BCUT2D eigenvalue weighted by Crippen LogP contribution is -1.98. The largest absolute Gasteiger partial charge is 0.493 e. The van der Waals surface area contributed by atoms with Crippen LogP contribution in [-0.2, 0) is 0 Å². The van der Waals surface area contributed by atoms with Gasteiger partial charge in [0.1, 0.15) is 5.82 Å². The van der Waals surface area contributed by atoms with Crippen LogP contribution in [0.4, 0.5) is 10.3 Å². The SMILES string of the molecule is COc1ccc(-c2ccccc2F)n2nc(N)nc12. The summed E-state index contributed by atoms with van der Waals surface area (Å²) >= 11 is 0.